The molecule has 2 aromatic rings. The highest BCUT2D eigenvalue weighted by molar-refractivity contribution is 9.10. The van der Waals surface area contributed by atoms with Gasteiger partial charge in [0.15, 0.2) is 6.19 Å². The van der Waals surface area contributed by atoms with E-state index in [1.165, 1.54) is 11.1 Å². The van der Waals surface area contributed by atoms with Crippen LogP contribution >= 0.6 is 31.9 Å². The summed E-state index contributed by atoms with van der Waals surface area (Å²) in [5.74, 6) is 0.498. The maximum absolute atomic E-state index is 9.11. The molecule has 2 aliphatic rings. The van der Waals surface area contributed by atoms with Crippen LogP contribution in [0.15, 0.2) is 79.3 Å². The molecule has 28 heavy (non-hydrogen) atoms. The van der Waals surface area contributed by atoms with Crippen molar-refractivity contribution >= 4 is 43.9 Å². The molecule has 2 N–H and O–H groups in total. The monoisotopic (exact) mass is 496 g/mol. The summed E-state index contributed by atoms with van der Waals surface area (Å²) in [5, 5.41) is 15.2. The molecule has 1 aliphatic heterocycles. The number of rotatable bonds is 2. The first-order valence-electron chi connectivity index (χ1n) is 9.09. The van der Waals surface area contributed by atoms with Crippen molar-refractivity contribution < 1.29 is 0 Å². The van der Waals surface area contributed by atoms with Crippen LogP contribution in [0.2, 0.25) is 0 Å². The van der Waals surface area contributed by atoms with Gasteiger partial charge in [0.25, 0.3) is 0 Å². The van der Waals surface area contributed by atoms with Gasteiger partial charge in [-0.1, -0.05) is 56.1 Å². The number of halogens is 2. The van der Waals surface area contributed by atoms with Gasteiger partial charge < -0.3 is 5.32 Å². The highest BCUT2D eigenvalue weighted by Gasteiger charge is 2.29. The fourth-order valence-electron chi connectivity index (χ4n) is 3.66. The van der Waals surface area contributed by atoms with Gasteiger partial charge in [0.2, 0.25) is 5.96 Å². The first-order valence-corrected chi connectivity index (χ1v) is 10.7. The molecule has 0 bridgehead atoms. The van der Waals surface area contributed by atoms with Crippen LogP contribution in [-0.4, -0.2) is 5.96 Å². The SMILES string of the molecule is N#CNC1=NC(c2ccc(Br)cc2)C2=C(N1)/C(=C/c1ccc(Br)cc1)CCC2. The molecule has 0 saturated heterocycles. The summed E-state index contributed by atoms with van der Waals surface area (Å²) in [4.78, 5) is 4.77. The standard InChI is InChI=1S/C22H18Br2N4/c23-17-8-4-14(5-9-17)12-16-2-1-3-19-20(15-6-10-18(24)11-7-15)27-22(26-13-25)28-21(16)19/h4-12,20H,1-3H2,(H2,26,27,28)/b16-12+. The quantitative estimate of drug-likeness (QED) is 0.407. The Bertz CT molecular complexity index is 1010. The van der Waals surface area contributed by atoms with Crippen LogP contribution in [-0.2, 0) is 0 Å². The summed E-state index contributed by atoms with van der Waals surface area (Å²) >= 11 is 6.99. The van der Waals surface area contributed by atoms with E-state index in [9.17, 15) is 0 Å². The lowest BCUT2D eigenvalue weighted by atomic mass is 9.84. The molecule has 1 heterocycles. The van der Waals surface area contributed by atoms with Gasteiger partial charge in [0, 0.05) is 14.6 Å². The van der Waals surface area contributed by atoms with Gasteiger partial charge in [0.05, 0.1) is 0 Å². The van der Waals surface area contributed by atoms with E-state index in [0.29, 0.717) is 5.96 Å². The molecule has 140 valence electrons. The summed E-state index contributed by atoms with van der Waals surface area (Å²) in [5.41, 5.74) is 5.90. The molecular formula is C22H18Br2N4. The average molecular weight is 498 g/mol. The van der Waals surface area contributed by atoms with Crippen molar-refractivity contribution in [1.29, 1.82) is 5.26 Å². The van der Waals surface area contributed by atoms with Gasteiger partial charge >= 0.3 is 0 Å². The van der Waals surface area contributed by atoms with Crippen molar-refractivity contribution in [3.8, 4) is 6.19 Å². The van der Waals surface area contributed by atoms with Crippen molar-refractivity contribution in [2.75, 3.05) is 0 Å². The first kappa shape index (κ1) is 19.0. The minimum absolute atomic E-state index is 0.0891. The van der Waals surface area contributed by atoms with E-state index in [2.05, 4.69) is 72.8 Å². The second-order valence-corrected chi connectivity index (χ2v) is 8.60. The molecule has 0 amide bonds. The number of nitrogens with one attached hydrogen (secondary N) is 2. The largest absolute Gasteiger partial charge is 0.325 e. The lowest BCUT2D eigenvalue weighted by molar-refractivity contribution is 0.651. The van der Waals surface area contributed by atoms with E-state index in [0.717, 1.165) is 45.0 Å². The maximum Gasteiger partial charge on any atom is 0.210 e. The highest BCUT2D eigenvalue weighted by atomic mass is 79.9. The van der Waals surface area contributed by atoms with Crippen molar-refractivity contribution in [2.24, 2.45) is 4.99 Å². The molecule has 0 aromatic heterocycles. The van der Waals surface area contributed by atoms with Gasteiger partial charge in [-0.25, -0.2) is 4.99 Å². The molecule has 1 atom stereocenters. The molecule has 1 unspecified atom stereocenters. The van der Waals surface area contributed by atoms with Crippen molar-refractivity contribution in [2.45, 2.75) is 25.3 Å². The Hall–Kier alpha value is -2.36. The molecule has 4 rings (SSSR count). The van der Waals surface area contributed by atoms with Gasteiger partial charge in [-0.3, -0.25) is 5.32 Å². The van der Waals surface area contributed by atoms with E-state index in [-0.39, 0.29) is 6.04 Å². The molecule has 4 nitrogen and oxygen atoms in total. The third kappa shape index (κ3) is 4.06. The van der Waals surface area contributed by atoms with Gasteiger partial charge in [-0.15, -0.1) is 0 Å². The van der Waals surface area contributed by atoms with Gasteiger partial charge in [0.1, 0.15) is 6.04 Å². The minimum Gasteiger partial charge on any atom is -0.325 e. The Balaban J connectivity index is 1.77. The first-order chi connectivity index (χ1) is 13.6. The van der Waals surface area contributed by atoms with Crippen molar-refractivity contribution in [3.63, 3.8) is 0 Å². The molecule has 0 saturated carbocycles. The Morgan fingerprint density at radius 2 is 1.71 bits per heavy atom. The zero-order chi connectivity index (χ0) is 19.5. The molecular weight excluding hydrogens is 480 g/mol. The molecule has 6 heteroatoms. The Kier molecular flexibility index (Phi) is 5.65. The topological polar surface area (TPSA) is 60.2 Å². The fraction of sp³-hybridized carbons (Fsp3) is 0.182. The van der Waals surface area contributed by atoms with E-state index < -0.39 is 0 Å². The van der Waals surface area contributed by atoms with E-state index in [1.54, 1.807) is 0 Å². The predicted molar refractivity (Wildman–Crippen MR) is 119 cm³/mol. The summed E-state index contributed by atoms with van der Waals surface area (Å²) < 4.78 is 2.11. The number of allylic oxidation sites excluding steroid dienone is 1. The van der Waals surface area contributed by atoms with Crippen molar-refractivity contribution in [1.82, 2.24) is 10.6 Å². The number of hydrogen-bond donors (Lipinski definition) is 2. The Labute approximate surface area is 181 Å². The normalized spacial score (nSPS) is 20.1. The Morgan fingerprint density at radius 3 is 2.39 bits per heavy atom. The highest BCUT2D eigenvalue weighted by Crippen LogP contribution is 2.40. The summed E-state index contributed by atoms with van der Waals surface area (Å²) in [6, 6.07) is 16.5. The van der Waals surface area contributed by atoms with Crippen LogP contribution in [0.1, 0.15) is 36.4 Å². The van der Waals surface area contributed by atoms with Crippen molar-refractivity contribution in [3.05, 3.63) is 85.4 Å². The molecule has 2 aromatic carbocycles. The molecule has 0 fully saturated rings. The van der Waals surface area contributed by atoms with Gasteiger partial charge in [-0.05, 0) is 71.9 Å². The van der Waals surface area contributed by atoms with E-state index in [4.69, 9.17) is 10.3 Å². The molecule has 0 radical (unpaired) electrons. The Morgan fingerprint density at radius 1 is 1.04 bits per heavy atom. The number of aliphatic imine (C=N–C) groups is 1. The second-order valence-electron chi connectivity index (χ2n) is 6.77. The van der Waals surface area contributed by atoms with Crippen LogP contribution in [0.3, 0.4) is 0 Å². The van der Waals surface area contributed by atoms with E-state index >= 15 is 0 Å². The third-order valence-electron chi connectivity index (χ3n) is 4.94. The number of nitriles is 1. The number of benzene rings is 2. The fourth-order valence-corrected chi connectivity index (χ4v) is 4.19. The molecule has 1 aliphatic carbocycles. The number of guanidine groups is 1. The second kappa shape index (κ2) is 8.34. The maximum atomic E-state index is 9.11. The van der Waals surface area contributed by atoms with Crippen LogP contribution in [0, 0.1) is 11.5 Å². The lowest BCUT2D eigenvalue weighted by Gasteiger charge is -2.32. The van der Waals surface area contributed by atoms with Crippen LogP contribution in [0.5, 0.6) is 0 Å². The van der Waals surface area contributed by atoms with Crippen LogP contribution < -0.4 is 10.6 Å². The van der Waals surface area contributed by atoms with Crippen LogP contribution in [0.25, 0.3) is 6.08 Å². The number of nitrogens with zero attached hydrogens (tertiary/aromatic N) is 2. The van der Waals surface area contributed by atoms with E-state index in [1.807, 2.05) is 30.5 Å². The molecule has 0 spiro atoms. The van der Waals surface area contributed by atoms with Gasteiger partial charge in [-0.2, -0.15) is 5.26 Å². The average Bonchev–Trinajstić information content (AvgIpc) is 2.70. The third-order valence-corrected chi connectivity index (χ3v) is 5.99. The summed E-state index contributed by atoms with van der Waals surface area (Å²) in [6.45, 7) is 0. The lowest BCUT2D eigenvalue weighted by Crippen LogP contribution is -2.39. The summed E-state index contributed by atoms with van der Waals surface area (Å²) in [7, 11) is 0. The summed E-state index contributed by atoms with van der Waals surface area (Å²) in [6.07, 6.45) is 7.29. The zero-order valence-corrected chi connectivity index (χ0v) is 18.2. The predicted octanol–water partition coefficient (Wildman–Crippen LogP) is 5.80. The smallest absolute Gasteiger partial charge is 0.210 e. The zero-order valence-electron chi connectivity index (χ0n) is 15.0. The minimum atomic E-state index is -0.0891. The number of hydrogen-bond acceptors (Lipinski definition) is 4. The van der Waals surface area contributed by atoms with Crippen LogP contribution in [0.4, 0.5) is 0 Å².